The first-order valence-electron chi connectivity index (χ1n) is 8.54. The molecule has 7 heteroatoms. The summed E-state index contributed by atoms with van der Waals surface area (Å²) in [4.78, 5) is 38.4. The van der Waals surface area contributed by atoms with Crippen molar-refractivity contribution < 1.29 is 19.1 Å². The van der Waals surface area contributed by atoms with Crippen molar-refractivity contribution in [2.24, 2.45) is 11.1 Å². The number of hydrogen-bond donors (Lipinski definition) is 3. The zero-order valence-electron chi connectivity index (χ0n) is 15.5. The summed E-state index contributed by atoms with van der Waals surface area (Å²) >= 11 is 0. The van der Waals surface area contributed by atoms with Crippen LogP contribution >= 0.6 is 0 Å². The number of rotatable bonds is 8. The fourth-order valence-electron chi connectivity index (χ4n) is 2.51. The molecule has 1 heterocycles. The van der Waals surface area contributed by atoms with Gasteiger partial charge in [-0.2, -0.15) is 0 Å². The van der Waals surface area contributed by atoms with Crippen molar-refractivity contribution in [1.82, 2.24) is 10.3 Å². The molecule has 2 rings (SSSR count). The number of primary amides is 1. The Labute approximate surface area is 157 Å². The fourth-order valence-corrected chi connectivity index (χ4v) is 2.51. The molecular formula is C20H24N3O4. The molecular weight excluding hydrogens is 346 g/mol. The topological polar surface area (TPSA) is 114 Å². The van der Waals surface area contributed by atoms with E-state index in [9.17, 15) is 14.4 Å². The highest BCUT2D eigenvalue weighted by Gasteiger charge is 2.34. The standard InChI is InChI=1S/C20H24N3O4/c1-20(2,3)18(19(26)22-11-10-16(21)24)27-17(25)9-8-13-12-23-15-7-5-4-6-14(13)15/h4-9,12,18,23H,1,10-11H2,2-3H3,(H2,21,24)(H,22,26)/b9-8+/t18-/m0/s1. The number of nitrogens with two attached hydrogens (primary N) is 1. The Hall–Kier alpha value is -3.09. The molecule has 0 aliphatic heterocycles. The van der Waals surface area contributed by atoms with Gasteiger partial charge in [-0.25, -0.2) is 4.79 Å². The van der Waals surface area contributed by atoms with Crippen LogP contribution in [0.1, 0.15) is 25.8 Å². The number of fused-ring (bicyclic) bond motifs is 1. The van der Waals surface area contributed by atoms with Crippen LogP contribution in [0.2, 0.25) is 0 Å². The summed E-state index contributed by atoms with van der Waals surface area (Å²) in [6, 6.07) is 7.69. The number of benzene rings is 1. The molecule has 143 valence electrons. The van der Waals surface area contributed by atoms with Crippen LogP contribution < -0.4 is 11.1 Å². The van der Waals surface area contributed by atoms with Gasteiger partial charge >= 0.3 is 5.97 Å². The van der Waals surface area contributed by atoms with Gasteiger partial charge in [-0.1, -0.05) is 32.0 Å². The number of hydrogen-bond acceptors (Lipinski definition) is 4. The quantitative estimate of drug-likeness (QED) is 0.487. The van der Waals surface area contributed by atoms with Crippen molar-refractivity contribution in [2.75, 3.05) is 6.54 Å². The monoisotopic (exact) mass is 370 g/mol. The van der Waals surface area contributed by atoms with Crippen LogP contribution in [-0.2, 0) is 19.1 Å². The predicted octanol–water partition coefficient (Wildman–Crippen LogP) is 1.94. The molecule has 0 fully saturated rings. The first-order valence-corrected chi connectivity index (χ1v) is 8.54. The minimum absolute atomic E-state index is 0.00441. The number of amides is 2. The lowest BCUT2D eigenvalue weighted by Gasteiger charge is -2.28. The third-order valence-corrected chi connectivity index (χ3v) is 3.87. The van der Waals surface area contributed by atoms with Gasteiger partial charge in [0.15, 0.2) is 6.10 Å². The lowest BCUT2D eigenvalue weighted by atomic mass is 9.88. The zero-order chi connectivity index (χ0) is 20.0. The maximum absolute atomic E-state index is 12.3. The van der Waals surface area contributed by atoms with Crippen LogP contribution in [0.5, 0.6) is 0 Å². The van der Waals surface area contributed by atoms with E-state index in [2.05, 4.69) is 17.2 Å². The number of esters is 1. The number of carbonyl (C=O) groups excluding carboxylic acids is 3. The van der Waals surface area contributed by atoms with Crippen LogP contribution in [0.4, 0.5) is 0 Å². The smallest absolute Gasteiger partial charge is 0.331 e. The minimum Gasteiger partial charge on any atom is -0.449 e. The maximum atomic E-state index is 12.3. The van der Waals surface area contributed by atoms with Crippen molar-refractivity contribution in [3.8, 4) is 0 Å². The van der Waals surface area contributed by atoms with Crippen LogP contribution in [0.15, 0.2) is 36.5 Å². The molecule has 7 nitrogen and oxygen atoms in total. The van der Waals surface area contributed by atoms with Crippen molar-refractivity contribution in [2.45, 2.75) is 26.4 Å². The lowest BCUT2D eigenvalue weighted by molar-refractivity contribution is -0.157. The molecule has 4 N–H and O–H groups in total. The van der Waals surface area contributed by atoms with Gasteiger partial charge in [-0.15, -0.1) is 0 Å². The summed E-state index contributed by atoms with van der Waals surface area (Å²) in [5.74, 6) is -1.71. The maximum Gasteiger partial charge on any atom is 0.331 e. The molecule has 0 spiro atoms. The van der Waals surface area contributed by atoms with Gasteiger partial charge in [0.05, 0.1) is 0 Å². The summed E-state index contributed by atoms with van der Waals surface area (Å²) in [6.07, 6.45) is 3.58. The second kappa shape index (κ2) is 8.53. The molecule has 0 saturated heterocycles. The van der Waals surface area contributed by atoms with E-state index >= 15 is 0 Å². The number of carbonyl (C=O) groups is 3. The van der Waals surface area contributed by atoms with Crippen LogP contribution in [0.3, 0.4) is 0 Å². The lowest BCUT2D eigenvalue weighted by Crippen LogP contribution is -2.46. The second-order valence-corrected chi connectivity index (χ2v) is 6.94. The Bertz CT molecular complexity index is 861. The Morgan fingerprint density at radius 3 is 2.70 bits per heavy atom. The summed E-state index contributed by atoms with van der Waals surface area (Å²) in [6.45, 7) is 7.32. The highest BCUT2D eigenvalue weighted by atomic mass is 16.5. The van der Waals surface area contributed by atoms with Crippen LogP contribution in [0, 0.1) is 12.3 Å². The zero-order valence-corrected chi connectivity index (χ0v) is 15.5. The van der Waals surface area contributed by atoms with Crippen LogP contribution in [-0.4, -0.2) is 35.4 Å². The second-order valence-electron chi connectivity index (χ2n) is 6.94. The fraction of sp³-hybridized carbons (Fsp3) is 0.300. The summed E-state index contributed by atoms with van der Waals surface area (Å²) in [7, 11) is 0. The van der Waals surface area contributed by atoms with E-state index in [4.69, 9.17) is 10.5 Å². The van der Waals surface area contributed by atoms with E-state index in [1.807, 2.05) is 24.3 Å². The Morgan fingerprint density at radius 1 is 1.33 bits per heavy atom. The molecule has 0 unspecified atom stereocenters. The molecule has 2 aromatic rings. The number of aromatic amines is 1. The molecule has 0 bridgehead atoms. The third kappa shape index (κ3) is 5.70. The van der Waals surface area contributed by atoms with Crippen molar-refractivity contribution >= 4 is 34.8 Å². The van der Waals surface area contributed by atoms with Gasteiger partial charge in [0.25, 0.3) is 5.91 Å². The predicted molar refractivity (Wildman–Crippen MR) is 103 cm³/mol. The summed E-state index contributed by atoms with van der Waals surface area (Å²) < 4.78 is 5.32. The van der Waals surface area contributed by atoms with Gasteiger partial charge in [0.2, 0.25) is 5.91 Å². The molecule has 27 heavy (non-hydrogen) atoms. The van der Waals surface area contributed by atoms with Crippen molar-refractivity contribution in [3.05, 3.63) is 49.0 Å². The number of nitrogens with one attached hydrogen (secondary N) is 2. The third-order valence-electron chi connectivity index (χ3n) is 3.87. The minimum atomic E-state index is -1.11. The number of aromatic nitrogens is 1. The Morgan fingerprint density at radius 2 is 2.04 bits per heavy atom. The first-order chi connectivity index (χ1) is 12.7. The highest BCUT2D eigenvalue weighted by molar-refractivity contribution is 5.95. The molecule has 1 aromatic carbocycles. The number of para-hydroxylation sites is 1. The molecule has 0 aliphatic carbocycles. The molecule has 1 aromatic heterocycles. The van der Waals surface area contributed by atoms with E-state index in [0.29, 0.717) is 0 Å². The van der Waals surface area contributed by atoms with Crippen molar-refractivity contribution in [3.63, 3.8) is 0 Å². The van der Waals surface area contributed by atoms with Crippen LogP contribution in [0.25, 0.3) is 17.0 Å². The van der Waals surface area contributed by atoms with E-state index in [0.717, 1.165) is 16.5 Å². The van der Waals surface area contributed by atoms with E-state index < -0.39 is 29.3 Å². The highest BCUT2D eigenvalue weighted by Crippen LogP contribution is 2.23. The SMILES string of the molecule is [CH2]C(C)(C)[C@@H](OC(=O)/C=C/c1c[nH]c2ccccc12)C(=O)NCCC(N)=O. The Kier molecular flexibility index (Phi) is 6.39. The first kappa shape index (κ1) is 20.2. The van der Waals surface area contributed by atoms with E-state index in [1.54, 1.807) is 26.1 Å². The molecule has 0 saturated carbocycles. The normalized spacial score (nSPS) is 12.9. The van der Waals surface area contributed by atoms with Crippen molar-refractivity contribution in [1.29, 1.82) is 0 Å². The van der Waals surface area contributed by atoms with Gasteiger partial charge in [0, 0.05) is 47.1 Å². The molecule has 2 amide bonds. The average Bonchev–Trinajstić information content (AvgIpc) is 2.99. The summed E-state index contributed by atoms with van der Waals surface area (Å²) in [5, 5.41) is 3.51. The van der Waals surface area contributed by atoms with Gasteiger partial charge in [0.1, 0.15) is 0 Å². The number of H-pyrrole nitrogens is 1. The Balaban J connectivity index is 2.04. The molecule has 1 radical (unpaired) electrons. The van der Waals surface area contributed by atoms with E-state index in [1.165, 1.54) is 6.08 Å². The summed E-state index contributed by atoms with van der Waals surface area (Å²) in [5.41, 5.74) is 5.97. The molecule has 1 atom stereocenters. The van der Waals surface area contributed by atoms with Gasteiger partial charge in [-0.3, -0.25) is 9.59 Å². The van der Waals surface area contributed by atoms with Gasteiger partial charge < -0.3 is 20.8 Å². The average molecular weight is 370 g/mol. The molecule has 0 aliphatic rings. The largest absolute Gasteiger partial charge is 0.449 e. The van der Waals surface area contributed by atoms with E-state index in [-0.39, 0.29) is 13.0 Å². The van der Waals surface area contributed by atoms with Gasteiger partial charge in [-0.05, 0) is 19.1 Å². The number of ether oxygens (including phenoxy) is 1.